The van der Waals surface area contributed by atoms with Gasteiger partial charge in [0.15, 0.2) is 0 Å². The zero-order chi connectivity index (χ0) is 15.0. The van der Waals surface area contributed by atoms with E-state index in [2.05, 4.69) is 20.0 Å². The molecule has 5 nitrogen and oxygen atoms in total. The Morgan fingerprint density at radius 3 is 2.81 bits per heavy atom. The summed E-state index contributed by atoms with van der Waals surface area (Å²) in [5.41, 5.74) is 0. The van der Waals surface area contributed by atoms with Crippen molar-refractivity contribution in [3.63, 3.8) is 0 Å². The lowest BCUT2D eigenvalue weighted by Crippen LogP contribution is -2.23. The molecule has 1 aliphatic carbocycles. The number of thiophene rings is 1. The number of hydrogen-bond donors (Lipinski definition) is 1. The number of nitrogens with zero attached hydrogens (tertiary/aromatic N) is 2. The molecular formula is C12H10F3N3O2S. The molecule has 21 heavy (non-hydrogen) atoms. The summed E-state index contributed by atoms with van der Waals surface area (Å²) in [7, 11) is 0. The largest absolute Gasteiger partial charge is 0.471 e. The average Bonchev–Trinajstić information content (AvgIpc) is 2.97. The van der Waals surface area contributed by atoms with Crippen LogP contribution >= 0.6 is 11.3 Å². The number of carbonyl (C=O) groups is 1. The molecular weight excluding hydrogens is 307 g/mol. The molecule has 0 saturated heterocycles. The van der Waals surface area contributed by atoms with Crippen LogP contribution in [-0.2, 0) is 17.5 Å². The minimum Gasteiger partial charge on any atom is -0.351 e. The van der Waals surface area contributed by atoms with Crippen molar-refractivity contribution in [2.75, 3.05) is 0 Å². The van der Waals surface area contributed by atoms with Gasteiger partial charge in [-0.25, -0.2) is 0 Å². The van der Waals surface area contributed by atoms with Gasteiger partial charge in [-0.1, -0.05) is 5.16 Å². The van der Waals surface area contributed by atoms with Gasteiger partial charge < -0.3 is 9.84 Å². The number of halogens is 3. The first-order chi connectivity index (χ1) is 9.93. The van der Waals surface area contributed by atoms with Crippen LogP contribution < -0.4 is 5.32 Å². The molecule has 112 valence electrons. The van der Waals surface area contributed by atoms with Gasteiger partial charge in [-0.15, -0.1) is 11.3 Å². The van der Waals surface area contributed by atoms with Gasteiger partial charge in [0.25, 0.3) is 0 Å². The Morgan fingerprint density at radius 2 is 2.19 bits per heavy atom. The SMILES string of the molecule is O=C(NCc1ccc(-c2noc(C(F)(F)F)n2)s1)C1CC1. The van der Waals surface area contributed by atoms with Crippen LogP contribution in [0.3, 0.4) is 0 Å². The molecule has 1 fully saturated rings. The second-order valence-corrected chi connectivity index (χ2v) is 5.85. The maximum Gasteiger partial charge on any atom is 0.471 e. The van der Waals surface area contributed by atoms with Gasteiger partial charge in [-0.3, -0.25) is 4.79 Å². The van der Waals surface area contributed by atoms with Gasteiger partial charge in [0.2, 0.25) is 11.7 Å². The second-order valence-electron chi connectivity index (χ2n) is 4.68. The molecule has 0 aromatic carbocycles. The van der Waals surface area contributed by atoms with E-state index in [4.69, 9.17) is 0 Å². The first-order valence-electron chi connectivity index (χ1n) is 6.21. The predicted octanol–water partition coefficient (Wildman–Crippen LogP) is 2.84. The molecule has 1 saturated carbocycles. The van der Waals surface area contributed by atoms with Crippen LogP contribution in [0, 0.1) is 5.92 Å². The van der Waals surface area contributed by atoms with Crippen molar-refractivity contribution in [2.45, 2.75) is 25.6 Å². The van der Waals surface area contributed by atoms with Crippen molar-refractivity contribution >= 4 is 17.2 Å². The summed E-state index contributed by atoms with van der Waals surface area (Å²) in [6, 6.07) is 3.32. The first kappa shape index (κ1) is 14.1. The van der Waals surface area contributed by atoms with Crippen molar-refractivity contribution in [3.8, 4) is 10.7 Å². The van der Waals surface area contributed by atoms with Crippen LogP contribution in [0.2, 0.25) is 0 Å². The van der Waals surface area contributed by atoms with Crippen molar-refractivity contribution in [1.82, 2.24) is 15.5 Å². The maximum absolute atomic E-state index is 12.4. The standard InChI is InChI=1S/C12H10F3N3O2S/c13-12(14,15)11-17-9(18-20-11)8-4-3-7(21-8)5-16-10(19)6-1-2-6/h3-4,6H,1-2,5H2,(H,16,19). The molecule has 1 N–H and O–H groups in total. The third-order valence-electron chi connectivity index (χ3n) is 2.94. The van der Waals surface area contributed by atoms with Gasteiger partial charge in [-0.2, -0.15) is 18.2 Å². The lowest BCUT2D eigenvalue weighted by Gasteiger charge is -2.00. The highest BCUT2D eigenvalue weighted by Gasteiger charge is 2.38. The van der Waals surface area contributed by atoms with Gasteiger partial charge >= 0.3 is 12.1 Å². The van der Waals surface area contributed by atoms with E-state index < -0.39 is 12.1 Å². The number of rotatable bonds is 4. The number of alkyl halides is 3. The Labute approximate surface area is 121 Å². The molecule has 0 unspecified atom stereocenters. The van der Waals surface area contributed by atoms with E-state index in [-0.39, 0.29) is 17.6 Å². The topological polar surface area (TPSA) is 68.0 Å². The number of amides is 1. The van der Waals surface area contributed by atoms with Crippen LogP contribution in [0.25, 0.3) is 10.7 Å². The average molecular weight is 317 g/mol. The van der Waals surface area contributed by atoms with E-state index in [1.165, 1.54) is 11.3 Å². The Balaban J connectivity index is 1.66. The zero-order valence-corrected chi connectivity index (χ0v) is 11.4. The van der Waals surface area contributed by atoms with Crippen molar-refractivity contribution in [1.29, 1.82) is 0 Å². The van der Waals surface area contributed by atoms with Crippen LogP contribution in [0.4, 0.5) is 13.2 Å². The minimum atomic E-state index is -4.65. The smallest absolute Gasteiger partial charge is 0.351 e. The molecule has 3 rings (SSSR count). The molecule has 1 amide bonds. The zero-order valence-electron chi connectivity index (χ0n) is 10.6. The molecule has 2 heterocycles. The van der Waals surface area contributed by atoms with Crippen molar-refractivity contribution < 1.29 is 22.5 Å². The van der Waals surface area contributed by atoms with E-state index in [0.29, 0.717) is 11.4 Å². The predicted molar refractivity (Wildman–Crippen MR) is 67.2 cm³/mol. The van der Waals surface area contributed by atoms with Crippen LogP contribution in [-0.4, -0.2) is 16.0 Å². The summed E-state index contributed by atoms with van der Waals surface area (Å²) >= 11 is 1.22. The highest BCUT2D eigenvalue weighted by Crippen LogP contribution is 2.32. The molecule has 0 radical (unpaired) electrons. The molecule has 2 aromatic rings. The maximum atomic E-state index is 12.4. The number of hydrogen-bond acceptors (Lipinski definition) is 5. The lowest BCUT2D eigenvalue weighted by atomic mass is 10.3. The third-order valence-corrected chi connectivity index (χ3v) is 4.02. The van der Waals surface area contributed by atoms with E-state index in [9.17, 15) is 18.0 Å². The molecule has 1 aliphatic rings. The molecule has 2 aromatic heterocycles. The van der Waals surface area contributed by atoms with E-state index >= 15 is 0 Å². The minimum absolute atomic E-state index is 0.0175. The van der Waals surface area contributed by atoms with Crippen molar-refractivity contribution in [2.24, 2.45) is 5.92 Å². The Bertz CT molecular complexity index is 661. The van der Waals surface area contributed by atoms with Gasteiger partial charge in [0.05, 0.1) is 11.4 Å². The normalized spacial score (nSPS) is 15.2. The summed E-state index contributed by atoms with van der Waals surface area (Å²) < 4.78 is 41.3. The number of nitrogens with one attached hydrogen (secondary N) is 1. The second kappa shape index (κ2) is 5.14. The fourth-order valence-corrected chi connectivity index (χ4v) is 2.57. The fourth-order valence-electron chi connectivity index (χ4n) is 1.70. The molecule has 0 aliphatic heterocycles. The fraction of sp³-hybridized carbons (Fsp3) is 0.417. The van der Waals surface area contributed by atoms with Gasteiger partial charge in [-0.05, 0) is 25.0 Å². The first-order valence-corrected chi connectivity index (χ1v) is 7.03. The highest BCUT2D eigenvalue weighted by molar-refractivity contribution is 7.15. The summed E-state index contributed by atoms with van der Waals surface area (Å²) in [5, 5.41) is 6.10. The Morgan fingerprint density at radius 1 is 1.43 bits per heavy atom. The quantitative estimate of drug-likeness (QED) is 0.941. The van der Waals surface area contributed by atoms with E-state index in [1.807, 2.05) is 0 Å². The molecule has 0 spiro atoms. The number of aromatic nitrogens is 2. The van der Waals surface area contributed by atoms with Crippen LogP contribution in [0.1, 0.15) is 23.6 Å². The third kappa shape index (κ3) is 3.23. The van der Waals surface area contributed by atoms with Crippen LogP contribution in [0.15, 0.2) is 16.7 Å². The molecule has 0 bridgehead atoms. The van der Waals surface area contributed by atoms with Crippen LogP contribution in [0.5, 0.6) is 0 Å². The highest BCUT2D eigenvalue weighted by atomic mass is 32.1. The van der Waals surface area contributed by atoms with Gasteiger partial charge in [0, 0.05) is 10.8 Å². The summed E-state index contributed by atoms with van der Waals surface area (Å²) in [6.45, 7) is 0.351. The Kier molecular flexibility index (Phi) is 3.44. The van der Waals surface area contributed by atoms with E-state index in [0.717, 1.165) is 17.7 Å². The summed E-state index contributed by atoms with van der Waals surface area (Å²) in [4.78, 5) is 16.1. The van der Waals surface area contributed by atoms with E-state index in [1.54, 1.807) is 12.1 Å². The summed E-state index contributed by atoms with van der Waals surface area (Å²) in [6.07, 6.45) is -2.81. The molecule has 0 atom stereocenters. The number of carbonyl (C=O) groups excluding carboxylic acids is 1. The monoisotopic (exact) mass is 317 g/mol. The van der Waals surface area contributed by atoms with Crippen molar-refractivity contribution in [3.05, 3.63) is 22.9 Å². The Hall–Kier alpha value is -1.90. The molecule has 9 heteroatoms. The lowest BCUT2D eigenvalue weighted by molar-refractivity contribution is -0.159. The van der Waals surface area contributed by atoms with Gasteiger partial charge in [0.1, 0.15) is 0 Å². The summed E-state index contributed by atoms with van der Waals surface area (Å²) in [5.74, 6) is -1.33.